The van der Waals surface area contributed by atoms with Crippen LogP contribution in [-0.4, -0.2) is 47.2 Å². The number of piperidine rings is 1. The molecule has 174 valence electrons. The molecule has 9 heteroatoms. The summed E-state index contributed by atoms with van der Waals surface area (Å²) in [5.41, 5.74) is 1.55. The highest BCUT2D eigenvalue weighted by Gasteiger charge is 2.21. The lowest BCUT2D eigenvalue weighted by atomic mass is 10.0. The van der Waals surface area contributed by atoms with Crippen LogP contribution in [0.3, 0.4) is 0 Å². The van der Waals surface area contributed by atoms with Crippen LogP contribution in [0.1, 0.15) is 30.7 Å². The third kappa shape index (κ3) is 6.13. The summed E-state index contributed by atoms with van der Waals surface area (Å²) < 4.78 is 37.1. The molecule has 0 spiro atoms. The highest BCUT2D eigenvalue weighted by molar-refractivity contribution is 5.76. The van der Waals surface area contributed by atoms with Crippen LogP contribution in [0, 0.1) is 11.6 Å². The van der Waals surface area contributed by atoms with Gasteiger partial charge in [-0.15, -0.1) is 0 Å². The van der Waals surface area contributed by atoms with Crippen molar-refractivity contribution in [2.75, 3.05) is 20.2 Å². The molecule has 2 heterocycles. The first-order valence-electron chi connectivity index (χ1n) is 10.9. The van der Waals surface area contributed by atoms with Crippen molar-refractivity contribution in [1.29, 1.82) is 0 Å². The van der Waals surface area contributed by atoms with Crippen LogP contribution >= 0.6 is 0 Å². The van der Waals surface area contributed by atoms with Gasteiger partial charge in [0.2, 0.25) is 17.6 Å². The van der Waals surface area contributed by atoms with Gasteiger partial charge in [-0.05, 0) is 54.8 Å². The fraction of sp³-hybridized carbons (Fsp3) is 0.375. The van der Waals surface area contributed by atoms with Gasteiger partial charge in [0.05, 0.1) is 7.11 Å². The van der Waals surface area contributed by atoms with Gasteiger partial charge in [0, 0.05) is 44.1 Å². The fourth-order valence-corrected chi connectivity index (χ4v) is 3.89. The van der Waals surface area contributed by atoms with Gasteiger partial charge >= 0.3 is 0 Å². The number of hydrogen-bond acceptors (Lipinski definition) is 6. The van der Waals surface area contributed by atoms with Crippen LogP contribution in [0.5, 0.6) is 5.75 Å². The molecule has 1 aromatic heterocycles. The monoisotopic (exact) mass is 456 g/mol. The first-order chi connectivity index (χ1) is 16.0. The van der Waals surface area contributed by atoms with Gasteiger partial charge in [-0.3, -0.25) is 9.69 Å². The number of hydrogen-bond donors (Lipinski definition) is 1. The highest BCUT2D eigenvalue weighted by atomic mass is 19.1. The average Bonchev–Trinajstić information content (AvgIpc) is 3.29. The number of aryl methyl sites for hydroxylation is 1. The van der Waals surface area contributed by atoms with E-state index >= 15 is 0 Å². The van der Waals surface area contributed by atoms with Gasteiger partial charge in [0.25, 0.3) is 0 Å². The molecule has 1 fully saturated rings. The van der Waals surface area contributed by atoms with Crippen molar-refractivity contribution in [2.45, 2.75) is 38.3 Å². The predicted octanol–water partition coefficient (Wildman–Crippen LogP) is 3.74. The van der Waals surface area contributed by atoms with E-state index in [2.05, 4.69) is 20.4 Å². The number of carbonyl (C=O) groups excluding carboxylic acids is 1. The molecule has 1 amide bonds. The minimum Gasteiger partial charge on any atom is -0.494 e. The van der Waals surface area contributed by atoms with Gasteiger partial charge in [-0.1, -0.05) is 11.2 Å². The zero-order chi connectivity index (χ0) is 23.2. The van der Waals surface area contributed by atoms with Gasteiger partial charge in [0.1, 0.15) is 5.82 Å². The number of carbonyl (C=O) groups is 1. The quantitative estimate of drug-likeness (QED) is 0.556. The van der Waals surface area contributed by atoms with Crippen LogP contribution in [0.2, 0.25) is 0 Å². The molecule has 1 N–H and O–H groups in total. The first kappa shape index (κ1) is 22.8. The molecule has 7 nitrogen and oxygen atoms in total. The van der Waals surface area contributed by atoms with Crippen LogP contribution < -0.4 is 10.1 Å². The normalized spacial score (nSPS) is 14.9. The zero-order valence-corrected chi connectivity index (χ0v) is 18.4. The molecule has 3 aromatic rings. The lowest BCUT2D eigenvalue weighted by Gasteiger charge is -2.32. The summed E-state index contributed by atoms with van der Waals surface area (Å²) in [5, 5.41) is 6.96. The van der Waals surface area contributed by atoms with Crippen LogP contribution in [0.15, 0.2) is 47.0 Å². The summed E-state index contributed by atoms with van der Waals surface area (Å²) >= 11 is 0. The Kier molecular flexibility index (Phi) is 7.29. The Morgan fingerprint density at radius 3 is 2.64 bits per heavy atom. The Morgan fingerprint density at radius 1 is 1.18 bits per heavy atom. The summed E-state index contributed by atoms with van der Waals surface area (Å²) in [4.78, 5) is 18.9. The van der Waals surface area contributed by atoms with E-state index in [9.17, 15) is 13.6 Å². The maximum atomic E-state index is 13.9. The summed E-state index contributed by atoms with van der Waals surface area (Å²) in [7, 11) is 1.45. The molecule has 1 aliphatic rings. The van der Waals surface area contributed by atoms with Crippen molar-refractivity contribution in [3.8, 4) is 17.1 Å². The number of nitrogens with zero attached hydrogens (tertiary/aromatic N) is 3. The number of methoxy groups -OCH3 is 1. The first-order valence-corrected chi connectivity index (χ1v) is 10.9. The van der Waals surface area contributed by atoms with Gasteiger partial charge in [0.15, 0.2) is 11.6 Å². The van der Waals surface area contributed by atoms with Gasteiger partial charge in [-0.25, -0.2) is 8.78 Å². The number of rotatable bonds is 8. The van der Waals surface area contributed by atoms with Crippen molar-refractivity contribution >= 4 is 5.91 Å². The second kappa shape index (κ2) is 10.5. The van der Waals surface area contributed by atoms with Crippen molar-refractivity contribution in [1.82, 2.24) is 20.4 Å². The van der Waals surface area contributed by atoms with E-state index in [1.54, 1.807) is 18.2 Å². The van der Waals surface area contributed by atoms with E-state index in [0.717, 1.165) is 31.5 Å². The molecule has 2 aromatic carbocycles. The summed E-state index contributed by atoms with van der Waals surface area (Å²) in [6, 6.07) is 10.9. The predicted molar refractivity (Wildman–Crippen MR) is 117 cm³/mol. The molecule has 0 aliphatic carbocycles. The molecule has 33 heavy (non-hydrogen) atoms. The fourth-order valence-electron chi connectivity index (χ4n) is 3.89. The standard InChI is InChI=1S/C24H26F2N4O3/c1-32-21-7-2-16(14-20(21)26)15-30-12-10-19(11-13-30)27-22(31)8-9-23-28-24(29-33-23)17-3-5-18(25)6-4-17/h2-7,14,19H,8-13,15H2,1H3,(H,27,31). The maximum absolute atomic E-state index is 13.9. The SMILES string of the molecule is COc1ccc(CN2CCC(NC(=O)CCc3nc(-c4ccc(F)cc4)no3)CC2)cc1F. The number of amides is 1. The van der Waals surface area contributed by atoms with Crippen LogP contribution in [-0.2, 0) is 17.8 Å². The van der Waals surface area contributed by atoms with E-state index in [-0.39, 0.29) is 35.8 Å². The Labute approximate surface area is 190 Å². The molecule has 0 atom stereocenters. The molecule has 0 radical (unpaired) electrons. The molecular formula is C24H26F2N4O3. The Hall–Kier alpha value is -3.33. The molecule has 4 rings (SSSR count). The highest BCUT2D eigenvalue weighted by Crippen LogP contribution is 2.21. The number of ether oxygens (including phenoxy) is 1. The molecule has 1 saturated heterocycles. The summed E-state index contributed by atoms with van der Waals surface area (Å²) in [5.74, 6) is 0.225. The smallest absolute Gasteiger partial charge is 0.227 e. The zero-order valence-electron chi connectivity index (χ0n) is 18.4. The lowest BCUT2D eigenvalue weighted by Crippen LogP contribution is -2.44. The van der Waals surface area contributed by atoms with Crippen molar-refractivity contribution in [3.63, 3.8) is 0 Å². The van der Waals surface area contributed by atoms with Crippen molar-refractivity contribution < 1.29 is 22.8 Å². The Balaban J connectivity index is 1.19. The Morgan fingerprint density at radius 2 is 1.94 bits per heavy atom. The average molecular weight is 456 g/mol. The van der Waals surface area contributed by atoms with Crippen molar-refractivity contribution in [2.24, 2.45) is 0 Å². The van der Waals surface area contributed by atoms with Gasteiger partial charge < -0.3 is 14.6 Å². The third-order valence-corrected chi connectivity index (χ3v) is 5.71. The number of nitrogens with one attached hydrogen (secondary N) is 1. The lowest BCUT2D eigenvalue weighted by molar-refractivity contribution is -0.122. The molecule has 0 saturated carbocycles. The Bertz CT molecular complexity index is 1080. The summed E-state index contributed by atoms with van der Waals surface area (Å²) in [6.07, 6.45) is 2.25. The maximum Gasteiger partial charge on any atom is 0.227 e. The topological polar surface area (TPSA) is 80.5 Å². The molecule has 0 bridgehead atoms. The van der Waals surface area contributed by atoms with Gasteiger partial charge in [-0.2, -0.15) is 4.98 Å². The van der Waals surface area contributed by atoms with E-state index in [1.165, 1.54) is 25.3 Å². The third-order valence-electron chi connectivity index (χ3n) is 5.71. The van der Waals surface area contributed by atoms with Crippen molar-refractivity contribution in [3.05, 3.63) is 65.6 Å². The van der Waals surface area contributed by atoms with E-state index in [0.29, 0.717) is 30.2 Å². The minimum absolute atomic E-state index is 0.0628. The van der Waals surface area contributed by atoms with E-state index in [4.69, 9.17) is 9.26 Å². The molecule has 0 unspecified atom stereocenters. The van der Waals surface area contributed by atoms with Crippen LogP contribution in [0.4, 0.5) is 8.78 Å². The molecule has 1 aliphatic heterocycles. The largest absolute Gasteiger partial charge is 0.494 e. The van der Waals surface area contributed by atoms with Crippen LogP contribution in [0.25, 0.3) is 11.4 Å². The minimum atomic E-state index is -0.358. The second-order valence-corrected chi connectivity index (χ2v) is 8.11. The van der Waals surface area contributed by atoms with E-state index < -0.39 is 0 Å². The number of halogens is 2. The number of likely N-dealkylation sites (tertiary alicyclic amines) is 1. The van der Waals surface area contributed by atoms with E-state index in [1.807, 2.05) is 6.07 Å². The number of aromatic nitrogens is 2. The molecular weight excluding hydrogens is 430 g/mol. The summed E-state index contributed by atoms with van der Waals surface area (Å²) in [6.45, 7) is 2.31. The number of benzene rings is 2. The second-order valence-electron chi connectivity index (χ2n) is 8.11.